The van der Waals surface area contributed by atoms with Gasteiger partial charge in [-0.2, -0.15) is 0 Å². The molecular weight excluding hydrogens is 376 g/mol. The molecule has 9 heteroatoms. The summed E-state index contributed by atoms with van der Waals surface area (Å²) >= 11 is 6.42. The van der Waals surface area contributed by atoms with Gasteiger partial charge in [0.2, 0.25) is 0 Å². The quantitative estimate of drug-likeness (QED) is 0.219. The van der Waals surface area contributed by atoms with Crippen molar-refractivity contribution in [2.45, 2.75) is 26.2 Å². The number of thiocarbonyl (C=S) groups is 1. The van der Waals surface area contributed by atoms with Crippen LogP contribution in [0.2, 0.25) is 0 Å². The molecule has 0 bridgehead atoms. The van der Waals surface area contributed by atoms with Crippen molar-refractivity contribution in [2.75, 3.05) is 13.2 Å². The summed E-state index contributed by atoms with van der Waals surface area (Å²) in [6.45, 7) is 2.67. The highest BCUT2D eigenvalue weighted by molar-refractivity contribution is 8.26. The Labute approximate surface area is 160 Å². The number of rotatable bonds is 8. The lowest BCUT2D eigenvalue weighted by atomic mass is 10.2. The number of carbonyl (C=O) groups is 2. The van der Waals surface area contributed by atoms with Gasteiger partial charge in [0.1, 0.15) is 4.32 Å². The van der Waals surface area contributed by atoms with Crippen molar-refractivity contribution in [1.29, 1.82) is 0 Å². The third-order valence-corrected chi connectivity index (χ3v) is 4.88. The summed E-state index contributed by atoms with van der Waals surface area (Å²) in [5.74, 6) is -0.501. The van der Waals surface area contributed by atoms with E-state index in [-0.39, 0.29) is 24.0 Å². The fourth-order valence-corrected chi connectivity index (χ4v) is 3.51. The molecule has 0 saturated carbocycles. The number of hydrogen-bond acceptors (Lipinski definition) is 7. The van der Waals surface area contributed by atoms with E-state index in [4.69, 9.17) is 17.0 Å². The van der Waals surface area contributed by atoms with E-state index in [0.717, 1.165) is 6.42 Å². The Bertz CT molecular complexity index is 746. The second-order valence-corrected chi connectivity index (χ2v) is 7.18. The van der Waals surface area contributed by atoms with Gasteiger partial charge in [-0.05, 0) is 36.6 Å². The number of ether oxygens (including phenoxy) is 1. The lowest BCUT2D eigenvalue weighted by Gasteiger charge is -2.13. The molecule has 0 radical (unpaired) electrons. The van der Waals surface area contributed by atoms with Gasteiger partial charge in [-0.15, -0.1) is 0 Å². The maximum Gasteiger partial charge on any atom is 0.305 e. The molecule has 1 aromatic rings. The molecule has 0 unspecified atom stereocenters. The normalized spacial score (nSPS) is 15.6. The van der Waals surface area contributed by atoms with E-state index in [1.54, 1.807) is 18.2 Å². The maximum atomic E-state index is 12.5. The van der Waals surface area contributed by atoms with Gasteiger partial charge in [-0.1, -0.05) is 30.9 Å². The fourth-order valence-electron chi connectivity index (χ4n) is 2.21. The minimum absolute atomic E-state index is 0.00958. The molecule has 1 aromatic carbocycles. The number of nitrogens with zero attached hydrogens (tertiary/aromatic N) is 2. The zero-order chi connectivity index (χ0) is 19.1. The van der Waals surface area contributed by atoms with Crippen molar-refractivity contribution in [3.05, 3.63) is 44.8 Å². The summed E-state index contributed by atoms with van der Waals surface area (Å²) in [5, 5.41) is 10.7. The van der Waals surface area contributed by atoms with Gasteiger partial charge in [-0.3, -0.25) is 24.6 Å². The highest BCUT2D eigenvalue weighted by atomic mass is 32.2. The van der Waals surface area contributed by atoms with Crippen LogP contribution in [0.5, 0.6) is 0 Å². The molecule has 0 atom stereocenters. The van der Waals surface area contributed by atoms with E-state index in [2.05, 4.69) is 0 Å². The highest BCUT2D eigenvalue weighted by Crippen LogP contribution is 2.32. The van der Waals surface area contributed by atoms with Gasteiger partial charge >= 0.3 is 5.97 Å². The van der Waals surface area contributed by atoms with Crippen molar-refractivity contribution in [3.8, 4) is 0 Å². The lowest BCUT2D eigenvalue weighted by Crippen LogP contribution is -2.29. The summed E-state index contributed by atoms with van der Waals surface area (Å²) < 4.78 is 5.43. The number of esters is 1. The Kier molecular flexibility index (Phi) is 7.28. The zero-order valence-electron chi connectivity index (χ0n) is 14.2. The summed E-state index contributed by atoms with van der Waals surface area (Å²) in [5.41, 5.74) is 0.670. The number of nitro groups is 1. The monoisotopic (exact) mass is 394 g/mol. The van der Waals surface area contributed by atoms with Crippen LogP contribution in [0.3, 0.4) is 0 Å². The Balaban J connectivity index is 1.95. The molecule has 7 nitrogen and oxygen atoms in total. The molecule has 0 N–H and O–H groups in total. The topological polar surface area (TPSA) is 89.8 Å². The minimum Gasteiger partial charge on any atom is -0.466 e. The van der Waals surface area contributed by atoms with Crippen molar-refractivity contribution in [1.82, 2.24) is 4.90 Å². The molecular formula is C17H18N2O5S2. The van der Waals surface area contributed by atoms with Crippen LogP contribution in [0, 0.1) is 10.1 Å². The maximum absolute atomic E-state index is 12.5. The molecule has 1 fully saturated rings. The third-order valence-electron chi connectivity index (χ3n) is 3.51. The van der Waals surface area contributed by atoms with Crippen molar-refractivity contribution in [3.63, 3.8) is 0 Å². The van der Waals surface area contributed by atoms with Gasteiger partial charge < -0.3 is 4.74 Å². The number of carbonyl (C=O) groups excluding carboxylic acids is 2. The lowest BCUT2D eigenvalue weighted by molar-refractivity contribution is -0.384. The Morgan fingerprint density at radius 1 is 1.38 bits per heavy atom. The largest absolute Gasteiger partial charge is 0.466 e. The fraction of sp³-hybridized carbons (Fsp3) is 0.353. The van der Waals surface area contributed by atoms with Crippen molar-refractivity contribution >= 4 is 51.9 Å². The molecule has 1 aliphatic rings. The van der Waals surface area contributed by atoms with E-state index in [9.17, 15) is 19.7 Å². The molecule has 2 rings (SSSR count). The summed E-state index contributed by atoms with van der Waals surface area (Å²) in [7, 11) is 0. The summed E-state index contributed by atoms with van der Waals surface area (Å²) in [6, 6.07) is 5.92. The second kappa shape index (κ2) is 9.44. The van der Waals surface area contributed by atoms with Crippen LogP contribution >= 0.6 is 24.0 Å². The number of amides is 1. The average molecular weight is 394 g/mol. The van der Waals surface area contributed by atoms with E-state index in [1.165, 1.54) is 28.8 Å². The van der Waals surface area contributed by atoms with Gasteiger partial charge in [0, 0.05) is 25.1 Å². The smallest absolute Gasteiger partial charge is 0.305 e. The molecule has 1 saturated heterocycles. The average Bonchev–Trinajstić information content (AvgIpc) is 2.87. The van der Waals surface area contributed by atoms with E-state index in [0.29, 0.717) is 34.4 Å². The number of non-ortho nitro benzene ring substituents is 1. The predicted molar refractivity (Wildman–Crippen MR) is 103 cm³/mol. The first-order valence-electron chi connectivity index (χ1n) is 8.07. The number of benzene rings is 1. The molecule has 0 aliphatic carbocycles. The van der Waals surface area contributed by atoms with Crippen LogP contribution in [0.1, 0.15) is 31.7 Å². The minimum atomic E-state index is -0.477. The van der Waals surface area contributed by atoms with Crippen LogP contribution in [0.25, 0.3) is 6.08 Å². The van der Waals surface area contributed by atoms with E-state index >= 15 is 0 Å². The first-order valence-corrected chi connectivity index (χ1v) is 9.30. The van der Waals surface area contributed by atoms with Crippen LogP contribution in [-0.4, -0.2) is 39.2 Å². The number of thioether (sulfide) groups is 1. The summed E-state index contributed by atoms with van der Waals surface area (Å²) in [6.07, 6.45) is 3.13. The zero-order valence-corrected chi connectivity index (χ0v) is 15.8. The number of hydrogen-bond donors (Lipinski definition) is 0. The van der Waals surface area contributed by atoms with Gasteiger partial charge in [0.25, 0.3) is 11.6 Å². The SMILES string of the molecule is CCCOC(=O)CCCN1C(=O)/C(=C/c2ccc([N+](=O)[O-])cc2)SC1=S. The van der Waals surface area contributed by atoms with Crippen LogP contribution in [0.4, 0.5) is 5.69 Å². The standard InChI is InChI=1S/C17H18N2O5S2/c1-2-10-24-15(20)4-3-9-18-16(21)14(26-17(18)25)11-12-5-7-13(8-6-12)19(22)23/h5-8,11H,2-4,9-10H2,1H3/b14-11-. The van der Waals surface area contributed by atoms with Gasteiger partial charge in [-0.25, -0.2) is 0 Å². The second-order valence-electron chi connectivity index (χ2n) is 5.51. The van der Waals surface area contributed by atoms with Crippen LogP contribution in [0.15, 0.2) is 29.2 Å². The Morgan fingerprint density at radius 3 is 2.69 bits per heavy atom. The first-order chi connectivity index (χ1) is 12.4. The Hall–Kier alpha value is -2.26. The highest BCUT2D eigenvalue weighted by Gasteiger charge is 2.31. The molecule has 138 valence electrons. The van der Waals surface area contributed by atoms with Crippen molar-refractivity contribution in [2.24, 2.45) is 0 Å². The molecule has 0 spiro atoms. The molecule has 1 heterocycles. The molecule has 1 amide bonds. The molecule has 1 aliphatic heterocycles. The van der Waals surface area contributed by atoms with E-state index < -0.39 is 4.92 Å². The van der Waals surface area contributed by atoms with Gasteiger partial charge in [0.15, 0.2) is 0 Å². The number of nitro benzene ring substituents is 1. The summed E-state index contributed by atoms with van der Waals surface area (Å²) in [4.78, 5) is 36.1. The predicted octanol–water partition coefficient (Wildman–Crippen LogP) is 3.53. The molecule has 26 heavy (non-hydrogen) atoms. The van der Waals surface area contributed by atoms with E-state index in [1.807, 2.05) is 6.92 Å². The van der Waals surface area contributed by atoms with Crippen LogP contribution in [-0.2, 0) is 14.3 Å². The first kappa shape index (κ1) is 20.1. The van der Waals surface area contributed by atoms with Gasteiger partial charge in [0.05, 0.1) is 16.4 Å². The third kappa shape index (κ3) is 5.37. The molecule has 0 aromatic heterocycles. The van der Waals surface area contributed by atoms with Crippen molar-refractivity contribution < 1.29 is 19.2 Å². The van der Waals surface area contributed by atoms with Crippen LogP contribution < -0.4 is 0 Å². The Morgan fingerprint density at radius 2 is 2.08 bits per heavy atom.